The van der Waals surface area contributed by atoms with Gasteiger partial charge in [0.25, 0.3) is 0 Å². The minimum absolute atomic E-state index is 0.705. The monoisotopic (exact) mass is 281 g/mol. The van der Waals surface area contributed by atoms with Crippen LogP contribution in [0.4, 0.5) is 0 Å². The summed E-state index contributed by atoms with van der Waals surface area (Å²) in [5, 5.41) is 3.49. The van der Waals surface area contributed by atoms with Crippen molar-refractivity contribution in [2.45, 2.75) is 38.9 Å². The Morgan fingerprint density at radius 3 is 3.05 bits per heavy atom. The van der Waals surface area contributed by atoms with E-state index in [9.17, 15) is 0 Å². The molecular formula is C17H19N3O. The van der Waals surface area contributed by atoms with E-state index in [2.05, 4.69) is 27.0 Å². The maximum atomic E-state index is 5.86. The van der Waals surface area contributed by atoms with E-state index in [0.29, 0.717) is 6.04 Å². The fraction of sp³-hybridized carbons (Fsp3) is 0.353. The van der Waals surface area contributed by atoms with Crippen LogP contribution in [0.15, 0.2) is 41.1 Å². The summed E-state index contributed by atoms with van der Waals surface area (Å²) in [6, 6.07) is 11.1. The van der Waals surface area contributed by atoms with Gasteiger partial charge in [0.05, 0.1) is 30.5 Å². The second-order valence-electron chi connectivity index (χ2n) is 5.81. The summed E-state index contributed by atoms with van der Waals surface area (Å²) >= 11 is 0. The summed E-state index contributed by atoms with van der Waals surface area (Å²) in [4.78, 5) is 4.44. The van der Waals surface area contributed by atoms with Gasteiger partial charge in [0.1, 0.15) is 11.5 Å². The molecule has 3 aromatic rings. The van der Waals surface area contributed by atoms with Crippen LogP contribution in [0.3, 0.4) is 0 Å². The number of rotatable bonds is 5. The number of furan rings is 1. The van der Waals surface area contributed by atoms with E-state index in [0.717, 1.165) is 35.6 Å². The molecule has 0 bridgehead atoms. The molecule has 0 spiro atoms. The second-order valence-corrected chi connectivity index (χ2v) is 5.81. The average Bonchev–Trinajstić information content (AvgIpc) is 3.15. The second kappa shape index (κ2) is 5.04. The van der Waals surface area contributed by atoms with Crippen molar-refractivity contribution in [3.05, 3.63) is 53.7 Å². The van der Waals surface area contributed by atoms with E-state index in [4.69, 9.17) is 4.42 Å². The molecule has 0 unspecified atom stereocenters. The Balaban J connectivity index is 1.55. The fourth-order valence-electron chi connectivity index (χ4n) is 2.68. The van der Waals surface area contributed by atoms with Crippen molar-refractivity contribution < 1.29 is 4.42 Å². The molecule has 4 rings (SSSR count). The van der Waals surface area contributed by atoms with Crippen molar-refractivity contribution >= 4 is 11.0 Å². The first-order chi connectivity index (χ1) is 10.3. The number of aryl methyl sites for hydroxylation is 1. The Labute approximate surface area is 123 Å². The number of imidazole rings is 1. The first-order valence-corrected chi connectivity index (χ1v) is 7.51. The van der Waals surface area contributed by atoms with Crippen LogP contribution in [0.5, 0.6) is 0 Å². The van der Waals surface area contributed by atoms with Crippen molar-refractivity contribution in [3.63, 3.8) is 0 Å². The lowest BCUT2D eigenvalue weighted by Crippen LogP contribution is -2.14. The topological polar surface area (TPSA) is 43.0 Å². The molecule has 21 heavy (non-hydrogen) atoms. The first kappa shape index (κ1) is 12.7. The Bertz CT molecular complexity index is 767. The molecule has 0 atom stereocenters. The van der Waals surface area contributed by atoms with Gasteiger partial charge in [-0.3, -0.25) is 0 Å². The third-order valence-electron chi connectivity index (χ3n) is 4.08. The predicted octanol–water partition coefficient (Wildman–Crippen LogP) is 3.24. The Morgan fingerprint density at radius 2 is 2.19 bits per heavy atom. The zero-order valence-electron chi connectivity index (χ0n) is 12.2. The van der Waals surface area contributed by atoms with Crippen LogP contribution in [-0.2, 0) is 13.1 Å². The molecule has 0 saturated heterocycles. The van der Waals surface area contributed by atoms with Crippen LogP contribution in [0.2, 0.25) is 0 Å². The van der Waals surface area contributed by atoms with Gasteiger partial charge in [-0.15, -0.1) is 0 Å². The van der Waals surface area contributed by atoms with Crippen molar-refractivity contribution in [3.8, 4) is 0 Å². The number of benzene rings is 1. The van der Waals surface area contributed by atoms with E-state index < -0.39 is 0 Å². The molecule has 1 fully saturated rings. The van der Waals surface area contributed by atoms with Crippen LogP contribution < -0.4 is 5.32 Å². The quantitative estimate of drug-likeness (QED) is 0.780. The van der Waals surface area contributed by atoms with E-state index >= 15 is 0 Å². The van der Waals surface area contributed by atoms with Gasteiger partial charge in [-0.05, 0) is 38.0 Å². The number of hydrogen-bond donors (Lipinski definition) is 1. The summed E-state index contributed by atoms with van der Waals surface area (Å²) < 4.78 is 8.03. The Hall–Kier alpha value is -2.07. The number of fused-ring (bicyclic) bond motifs is 1. The standard InChI is InChI=1S/C17H19N3O/c1-12-13(8-15(21-12)9-18-14-6-7-14)10-20-11-19-16-4-2-3-5-17(16)20/h2-5,8,11,14,18H,6-7,9-10H2,1H3. The lowest BCUT2D eigenvalue weighted by molar-refractivity contribution is 0.458. The van der Waals surface area contributed by atoms with Crippen molar-refractivity contribution in [1.82, 2.24) is 14.9 Å². The molecule has 1 aromatic carbocycles. The first-order valence-electron chi connectivity index (χ1n) is 7.51. The molecule has 0 amide bonds. The van der Waals surface area contributed by atoms with Gasteiger partial charge >= 0.3 is 0 Å². The number of para-hydroxylation sites is 2. The van der Waals surface area contributed by atoms with E-state index in [1.165, 1.54) is 18.4 Å². The van der Waals surface area contributed by atoms with Crippen LogP contribution in [-0.4, -0.2) is 15.6 Å². The highest BCUT2D eigenvalue weighted by Gasteiger charge is 2.21. The van der Waals surface area contributed by atoms with Gasteiger partial charge in [0.15, 0.2) is 0 Å². The number of nitrogens with zero attached hydrogens (tertiary/aromatic N) is 2. The SMILES string of the molecule is Cc1oc(CNC2CC2)cc1Cn1cnc2ccccc21. The largest absolute Gasteiger partial charge is 0.465 e. The summed E-state index contributed by atoms with van der Waals surface area (Å²) in [6.07, 6.45) is 4.50. The van der Waals surface area contributed by atoms with Gasteiger partial charge < -0.3 is 14.3 Å². The Kier molecular flexibility index (Phi) is 3.04. The number of hydrogen-bond acceptors (Lipinski definition) is 3. The summed E-state index contributed by atoms with van der Waals surface area (Å²) in [5.41, 5.74) is 3.43. The molecule has 2 heterocycles. The molecule has 1 N–H and O–H groups in total. The summed E-state index contributed by atoms with van der Waals surface area (Å²) in [6.45, 7) is 3.67. The van der Waals surface area contributed by atoms with Gasteiger partial charge in [0.2, 0.25) is 0 Å². The third-order valence-corrected chi connectivity index (χ3v) is 4.08. The zero-order chi connectivity index (χ0) is 14.2. The van der Waals surface area contributed by atoms with Crippen LogP contribution in [0.1, 0.15) is 29.9 Å². The lowest BCUT2D eigenvalue weighted by atomic mass is 10.2. The number of nitrogens with one attached hydrogen (secondary N) is 1. The molecule has 1 aliphatic rings. The van der Waals surface area contributed by atoms with Gasteiger partial charge in [-0.25, -0.2) is 4.98 Å². The normalized spacial score (nSPS) is 14.9. The van der Waals surface area contributed by atoms with Crippen LogP contribution in [0, 0.1) is 6.92 Å². The highest BCUT2D eigenvalue weighted by atomic mass is 16.3. The summed E-state index contributed by atoms with van der Waals surface area (Å²) in [7, 11) is 0. The van der Waals surface area contributed by atoms with Crippen LogP contribution >= 0.6 is 0 Å². The minimum atomic E-state index is 0.705. The molecule has 108 valence electrons. The third kappa shape index (κ3) is 2.59. The molecule has 1 aliphatic carbocycles. The lowest BCUT2D eigenvalue weighted by Gasteiger charge is -2.02. The predicted molar refractivity (Wildman–Crippen MR) is 82.1 cm³/mol. The van der Waals surface area contributed by atoms with Crippen molar-refractivity contribution in [2.75, 3.05) is 0 Å². The molecule has 1 saturated carbocycles. The zero-order valence-corrected chi connectivity index (χ0v) is 12.2. The van der Waals surface area contributed by atoms with E-state index in [-0.39, 0.29) is 0 Å². The van der Waals surface area contributed by atoms with Gasteiger partial charge in [0, 0.05) is 11.6 Å². The highest BCUT2D eigenvalue weighted by Crippen LogP contribution is 2.22. The molecule has 2 aromatic heterocycles. The van der Waals surface area contributed by atoms with E-state index in [1.807, 2.05) is 31.5 Å². The van der Waals surface area contributed by atoms with Crippen molar-refractivity contribution in [1.29, 1.82) is 0 Å². The van der Waals surface area contributed by atoms with Gasteiger partial charge in [-0.1, -0.05) is 12.1 Å². The van der Waals surface area contributed by atoms with Gasteiger partial charge in [-0.2, -0.15) is 0 Å². The molecule has 4 heteroatoms. The van der Waals surface area contributed by atoms with Crippen LogP contribution in [0.25, 0.3) is 11.0 Å². The van der Waals surface area contributed by atoms with E-state index in [1.54, 1.807) is 0 Å². The Morgan fingerprint density at radius 1 is 1.33 bits per heavy atom. The number of aromatic nitrogens is 2. The molecule has 0 radical (unpaired) electrons. The minimum Gasteiger partial charge on any atom is -0.465 e. The maximum absolute atomic E-state index is 5.86. The molecule has 0 aliphatic heterocycles. The smallest absolute Gasteiger partial charge is 0.118 e. The fourth-order valence-corrected chi connectivity index (χ4v) is 2.68. The van der Waals surface area contributed by atoms with Crippen molar-refractivity contribution in [2.24, 2.45) is 0 Å². The summed E-state index contributed by atoms with van der Waals surface area (Å²) in [5.74, 6) is 2.03. The highest BCUT2D eigenvalue weighted by molar-refractivity contribution is 5.75. The average molecular weight is 281 g/mol. The molecule has 4 nitrogen and oxygen atoms in total. The molecular weight excluding hydrogens is 262 g/mol. The maximum Gasteiger partial charge on any atom is 0.118 e.